The average Bonchev–Trinajstić information content (AvgIpc) is 2.77. The number of carbonyl (C=O) groups is 1. The van der Waals surface area contributed by atoms with E-state index in [0.29, 0.717) is 43.3 Å². The zero-order valence-corrected chi connectivity index (χ0v) is 20.3. The molecule has 0 spiro atoms. The van der Waals surface area contributed by atoms with Crippen LogP contribution in [0.1, 0.15) is 97.5 Å². The van der Waals surface area contributed by atoms with Crippen molar-refractivity contribution in [2.75, 3.05) is 19.8 Å². The number of benzene rings is 1. The van der Waals surface area contributed by atoms with E-state index in [-0.39, 0.29) is 17.2 Å². The van der Waals surface area contributed by atoms with E-state index in [1.165, 1.54) is 0 Å². The maximum atomic E-state index is 11.4. The van der Waals surface area contributed by atoms with Gasteiger partial charge in [-0.2, -0.15) is 0 Å². The first kappa shape index (κ1) is 27.7. The molecule has 0 radical (unpaired) electrons. The van der Waals surface area contributed by atoms with Crippen molar-refractivity contribution < 1.29 is 34.0 Å². The third-order valence-corrected chi connectivity index (χ3v) is 5.09. The fourth-order valence-electron chi connectivity index (χ4n) is 3.22. The van der Waals surface area contributed by atoms with E-state index < -0.39 is 6.16 Å². The van der Waals surface area contributed by atoms with Gasteiger partial charge in [-0.15, -0.1) is 0 Å². The van der Waals surface area contributed by atoms with Crippen molar-refractivity contribution in [3.63, 3.8) is 0 Å². The molecule has 32 heavy (non-hydrogen) atoms. The molecule has 0 aliphatic carbocycles. The minimum absolute atomic E-state index is 0.0922. The van der Waals surface area contributed by atoms with Crippen LogP contribution in [0.15, 0.2) is 0 Å². The zero-order valence-electron chi connectivity index (χ0n) is 20.3. The van der Waals surface area contributed by atoms with Crippen LogP contribution in [0.2, 0.25) is 0 Å². The number of aromatic hydroxyl groups is 1. The maximum absolute atomic E-state index is 11.4. The van der Waals surface area contributed by atoms with Gasteiger partial charge < -0.3 is 29.2 Å². The van der Waals surface area contributed by atoms with E-state index in [4.69, 9.17) is 18.9 Å². The van der Waals surface area contributed by atoms with Gasteiger partial charge in [-0.25, -0.2) is 4.79 Å². The van der Waals surface area contributed by atoms with Crippen LogP contribution in [-0.4, -0.2) is 36.2 Å². The second-order valence-electron chi connectivity index (χ2n) is 7.93. The predicted molar refractivity (Wildman–Crippen MR) is 126 cm³/mol. The minimum Gasteiger partial charge on any atom is -0.502 e. The van der Waals surface area contributed by atoms with Gasteiger partial charge in [0.25, 0.3) is 0 Å². The second kappa shape index (κ2) is 16.3. The van der Waals surface area contributed by atoms with Crippen LogP contribution in [0.5, 0.6) is 28.7 Å². The van der Waals surface area contributed by atoms with Crippen molar-refractivity contribution in [2.24, 2.45) is 0 Å². The van der Waals surface area contributed by atoms with Crippen LogP contribution in [0.4, 0.5) is 4.79 Å². The fraction of sp³-hybridized carbons (Fsp3) is 0.720. The predicted octanol–water partition coefficient (Wildman–Crippen LogP) is 7.11. The van der Waals surface area contributed by atoms with E-state index in [0.717, 1.165) is 64.2 Å². The molecule has 184 valence electrons. The van der Waals surface area contributed by atoms with E-state index >= 15 is 0 Å². The number of rotatable bonds is 18. The molecule has 0 atom stereocenters. The van der Waals surface area contributed by atoms with Crippen molar-refractivity contribution in [1.82, 2.24) is 0 Å². The van der Waals surface area contributed by atoms with Crippen LogP contribution in [0.3, 0.4) is 0 Å². The summed E-state index contributed by atoms with van der Waals surface area (Å²) in [4.78, 5) is 11.4. The largest absolute Gasteiger partial charge is 0.511 e. The molecule has 7 heteroatoms. The van der Waals surface area contributed by atoms with Gasteiger partial charge in [0.05, 0.1) is 19.8 Å². The van der Waals surface area contributed by atoms with E-state index in [1.807, 2.05) is 6.92 Å². The first-order chi connectivity index (χ1) is 15.5. The third-order valence-electron chi connectivity index (χ3n) is 5.09. The Morgan fingerprint density at radius 3 is 1.66 bits per heavy atom. The summed E-state index contributed by atoms with van der Waals surface area (Å²) >= 11 is 0. The first-order valence-electron chi connectivity index (χ1n) is 12.2. The molecule has 0 saturated carbocycles. The first-order valence-corrected chi connectivity index (χ1v) is 12.2. The lowest BCUT2D eigenvalue weighted by atomic mass is 10.0. The highest BCUT2D eigenvalue weighted by molar-refractivity contribution is 5.73. The highest BCUT2D eigenvalue weighted by atomic mass is 16.7. The molecule has 1 rings (SSSR count). The quantitative estimate of drug-likeness (QED) is 0.139. The Bertz CT molecular complexity index is 673. The molecule has 0 aromatic heterocycles. The van der Waals surface area contributed by atoms with Crippen molar-refractivity contribution in [3.8, 4) is 28.7 Å². The fourth-order valence-corrected chi connectivity index (χ4v) is 3.22. The van der Waals surface area contributed by atoms with Crippen molar-refractivity contribution in [1.29, 1.82) is 0 Å². The SMILES string of the molecule is CCCCCCc1c(OC(=O)O)c(O)c(OCCCC)c(OCCCC)c1OCCCC. The Morgan fingerprint density at radius 1 is 0.656 bits per heavy atom. The molecule has 0 aliphatic rings. The van der Waals surface area contributed by atoms with Gasteiger partial charge in [0.1, 0.15) is 0 Å². The third kappa shape index (κ3) is 9.05. The summed E-state index contributed by atoms with van der Waals surface area (Å²) in [5.41, 5.74) is 0.520. The van der Waals surface area contributed by atoms with Crippen molar-refractivity contribution in [2.45, 2.75) is 98.3 Å². The molecule has 0 unspecified atom stereocenters. The lowest BCUT2D eigenvalue weighted by molar-refractivity contribution is 0.141. The van der Waals surface area contributed by atoms with E-state index in [9.17, 15) is 15.0 Å². The Labute approximate surface area is 193 Å². The molecule has 1 aromatic rings. The molecule has 1 aromatic carbocycles. The Kier molecular flexibility index (Phi) is 14.2. The number of carboxylic acid groups (broad SMARTS) is 1. The molecule has 7 nitrogen and oxygen atoms in total. The molecule has 0 amide bonds. The number of phenolic OH excluding ortho intramolecular Hbond substituents is 1. The number of ether oxygens (including phenoxy) is 4. The number of phenols is 1. The number of hydrogen-bond donors (Lipinski definition) is 2. The van der Waals surface area contributed by atoms with Crippen LogP contribution in [0, 0.1) is 0 Å². The lowest BCUT2D eigenvalue weighted by Gasteiger charge is -2.23. The normalized spacial score (nSPS) is 10.8. The molecule has 2 N–H and O–H groups in total. The number of hydrogen-bond acceptors (Lipinski definition) is 6. The summed E-state index contributed by atoms with van der Waals surface area (Å²) in [5.74, 6) is 0.394. The van der Waals surface area contributed by atoms with E-state index in [2.05, 4.69) is 20.8 Å². The van der Waals surface area contributed by atoms with Crippen molar-refractivity contribution >= 4 is 6.16 Å². The summed E-state index contributed by atoms with van der Waals surface area (Å²) in [7, 11) is 0. The Morgan fingerprint density at radius 2 is 1.16 bits per heavy atom. The van der Waals surface area contributed by atoms with Crippen LogP contribution >= 0.6 is 0 Å². The maximum Gasteiger partial charge on any atom is 0.511 e. The minimum atomic E-state index is -1.49. The standard InChI is InChI=1S/C25H42O7/c1-5-9-13-14-15-19-21(32-25(27)28)20(26)23(30-17-11-7-3)24(31-18-12-8-4)22(19)29-16-10-6-2/h26H,5-18H2,1-4H3,(H,27,28). The van der Waals surface area contributed by atoms with Gasteiger partial charge in [0.2, 0.25) is 17.2 Å². The van der Waals surface area contributed by atoms with E-state index in [1.54, 1.807) is 0 Å². The summed E-state index contributed by atoms with van der Waals surface area (Å²) in [6.45, 7) is 9.58. The van der Waals surface area contributed by atoms with Crippen LogP contribution < -0.4 is 18.9 Å². The van der Waals surface area contributed by atoms with Gasteiger partial charge in [-0.05, 0) is 32.1 Å². The zero-order chi connectivity index (χ0) is 23.8. The average molecular weight is 455 g/mol. The summed E-state index contributed by atoms with van der Waals surface area (Å²) in [5, 5.41) is 20.3. The monoisotopic (exact) mass is 454 g/mol. The molecule has 0 heterocycles. The second-order valence-corrected chi connectivity index (χ2v) is 7.93. The highest BCUT2D eigenvalue weighted by Gasteiger charge is 2.30. The molecular weight excluding hydrogens is 412 g/mol. The molecule has 0 saturated heterocycles. The Hall–Kier alpha value is -2.31. The smallest absolute Gasteiger partial charge is 0.502 e. The van der Waals surface area contributed by atoms with Crippen LogP contribution in [-0.2, 0) is 6.42 Å². The van der Waals surface area contributed by atoms with Gasteiger partial charge in [0, 0.05) is 5.56 Å². The molecule has 0 bridgehead atoms. The highest BCUT2D eigenvalue weighted by Crippen LogP contribution is 2.54. The van der Waals surface area contributed by atoms with Crippen molar-refractivity contribution in [3.05, 3.63) is 5.56 Å². The van der Waals surface area contributed by atoms with Gasteiger partial charge >= 0.3 is 6.16 Å². The number of unbranched alkanes of at least 4 members (excludes halogenated alkanes) is 6. The van der Waals surface area contributed by atoms with Gasteiger partial charge in [0.15, 0.2) is 11.5 Å². The lowest BCUT2D eigenvalue weighted by Crippen LogP contribution is -2.12. The molecular formula is C25H42O7. The van der Waals surface area contributed by atoms with Gasteiger partial charge in [-0.3, -0.25) is 0 Å². The molecule has 0 fully saturated rings. The van der Waals surface area contributed by atoms with Crippen LogP contribution in [0.25, 0.3) is 0 Å². The summed E-state index contributed by atoms with van der Waals surface area (Å²) in [6, 6.07) is 0. The summed E-state index contributed by atoms with van der Waals surface area (Å²) < 4.78 is 23.1. The summed E-state index contributed by atoms with van der Waals surface area (Å²) in [6.07, 6.45) is 8.26. The molecule has 0 aliphatic heterocycles. The topological polar surface area (TPSA) is 94.5 Å². The van der Waals surface area contributed by atoms with Gasteiger partial charge in [-0.1, -0.05) is 66.2 Å². The Balaban J connectivity index is 3.55.